The summed E-state index contributed by atoms with van der Waals surface area (Å²) in [5.74, 6) is -1.07. The second kappa shape index (κ2) is 23.0. The Morgan fingerprint density at radius 1 is 0.853 bits per heavy atom. The number of carbonyl (C=O) groups is 4. The number of likely N-dealkylation sites (tertiary alicyclic amines) is 1. The van der Waals surface area contributed by atoms with Crippen molar-refractivity contribution in [3.63, 3.8) is 0 Å². The van der Waals surface area contributed by atoms with Crippen LogP contribution in [0.3, 0.4) is 0 Å². The number of alkyl halides is 4. The minimum atomic E-state index is -4.43. The van der Waals surface area contributed by atoms with Crippen LogP contribution in [0.1, 0.15) is 44.9 Å². The second-order valence-corrected chi connectivity index (χ2v) is 18.5. The van der Waals surface area contributed by atoms with Crippen molar-refractivity contribution in [3.05, 3.63) is 118 Å². The lowest BCUT2D eigenvalue weighted by Gasteiger charge is -2.39. The molecular formula is C48H52ClF4N9O5S. The van der Waals surface area contributed by atoms with Gasteiger partial charge < -0.3 is 24.9 Å². The fraction of sp³-hybridized carbons (Fsp3) is 0.396. The summed E-state index contributed by atoms with van der Waals surface area (Å²) in [5.41, 5.74) is -2.08. The number of halogens is 5. The molecule has 3 saturated heterocycles. The Balaban J connectivity index is 0.000000270. The predicted molar refractivity (Wildman–Crippen MR) is 253 cm³/mol. The molecule has 2 aromatic heterocycles. The lowest BCUT2D eigenvalue weighted by atomic mass is 9.95. The Morgan fingerprint density at radius 3 is 2.25 bits per heavy atom. The highest BCUT2D eigenvalue weighted by Gasteiger charge is 2.31. The fourth-order valence-electron chi connectivity index (χ4n) is 8.55. The number of piperidine rings is 1. The van der Waals surface area contributed by atoms with E-state index in [1.54, 1.807) is 35.2 Å². The van der Waals surface area contributed by atoms with Crippen LogP contribution in [-0.4, -0.2) is 161 Å². The van der Waals surface area contributed by atoms with Gasteiger partial charge in [-0.3, -0.25) is 28.9 Å². The summed E-state index contributed by atoms with van der Waals surface area (Å²) in [6.07, 6.45) is 3.99. The van der Waals surface area contributed by atoms with Gasteiger partial charge in [-0.1, -0.05) is 36.4 Å². The molecule has 3 aromatic carbocycles. The van der Waals surface area contributed by atoms with Crippen LogP contribution in [0, 0.1) is 11.7 Å². The predicted octanol–water partition coefficient (Wildman–Crippen LogP) is 6.25. The maximum Gasteiger partial charge on any atom is 0.446 e. The van der Waals surface area contributed by atoms with E-state index < -0.39 is 17.2 Å². The van der Waals surface area contributed by atoms with Gasteiger partial charge in [0.15, 0.2) is 12.0 Å². The van der Waals surface area contributed by atoms with Crippen LogP contribution in [-0.2, 0) is 16.0 Å². The lowest BCUT2D eigenvalue weighted by Crippen LogP contribution is -2.53. The number of pyridine rings is 1. The number of rotatable bonds is 12. The number of fused-ring (bicyclic) bond motifs is 1. The molecule has 3 amide bonds. The highest BCUT2D eigenvalue weighted by Crippen LogP contribution is 2.38. The Bertz CT molecular complexity index is 2650. The number of nitrogens with zero attached hydrogens (tertiary/aromatic N) is 7. The Labute approximate surface area is 400 Å². The minimum absolute atomic E-state index is 0.0150. The largest absolute Gasteiger partial charge is 0.446 e. The monoisotopic (exact) mass is 977 g/mol. The van der Waals surface area contributed by atoms with Crippen LogP contribution in [0.2, 0.25) is 0 Å². The number of aromatic amines is 1. The maximum atomic E-state index is 13.6. The van der Waals surface area contributed by atoms with Crippen molar-refractivity contribution in [2.45, 2.75) is 29.7 Å². The van der Waals surface area contributed by atoms with E-state index in [0.717, 1.165) is 82.7 Å². The maximum absolute atomic E-state index is 13.6. The van der Waals surface area contributed by atoms with Crippen LogP contribution < -0.4 is 10.9 Å². The average molecular weight is 979 g/mol. The number of amides is 3. The van der Waals surface area contributed by atoms with Gasteiger partial charge in [0.1, 0.15) is 11.7 Å². The number of aldehydes is 1. The number of piperazine rings is 2. The first-order valence-corrected chi connectivity index (χ1v) is 23.6. The molecule has 3 fully saturated rings. The van der Waals surface area contributed by atoms with Crippen molar-refractivity contribution in [3.8, 4) is 11.1 Å². The molecule has 2 N–H and O–H groups in total. The standard InChI is InChI=1S/C32H41ClF3N7O3S.C16H11FN2O2/c1-39-9-15-42(16-10-39)29(45)22-41-13-11-40(12-14-41)21-23-5-7-43(8-6-23)31(46)30-27(38-28(44)19-33)18-25(20-37-30)24-3-2-4-26(17-24)47-32(34,35)36;17-14-6-5-10(7-11(14)9-20)8-15-12-3-1-2-4-13(12)16(21)19-18-15/h2-4,17-18,20,23H,5-16,19,21-22H2,1H3,(H,38,44);1-7,9H,8H2,(H,19,21). The first-order valence-electron chi connectivity index (χ1n) is 22.3. The third kappa shape index (κ3) is 13.5. The zero-order valence-electron chi connectivity index (χ0n) is 37.4. The molecule has 0 aliphatic carbocycles. The van der Waals surface area contributed by atoms with Gasteiger partial charge in [-0.05, 0) is 85.1 Å². The van der Waals surface area contributed by atoms with Crippen molar-refractivity contribution < 1.29 is 36.7 Å². The number of carbonyl (C=O) groups excluding carboxylic acids is 4. The van der Waals surface area contributed by atoms with Gasteiger partial charge in [0.2, 0.25) is 11.8 Å². The highest BCUT2D eigenvalue weighted by molar-refractivity contribution is 8.00. The number of benzene rings is 3. The number of hydrogen-bond donors (Lipinski definition) is 2. The molecule has 3 aliphatic rings. The number of anilines is 1. The summed E-state index contributed by atoms with van der Waals surface area (Å²) < 4.78 is 52.1. The molecule has 5 heterocycles. The zero-order valence-corrected chi connectivity index (χ0v) is 39.0. The van der Waals surface area contributed by atoms with Crippen molar-refractivity contribution in [2.24, 2.45) is 5.92 Å². The van der Waals surface area contributed by atoms with E-state index in [9.17, 15) is 41.5 Å². The van der Waals surface area contributed by atoms with Gasteiger partial charge in [0.25, 0.3) is 11.5 Å². The molecule has 0 unspecified atom stereocenters. The number of H-pyrrole nitrogens is 1. The number of likely N-dealkylation sites (N-methyl/N-ethyl adjacent to an activating group) is 1. The quantitative estimate of drug-likeness (QED) is 0.0632. The summed E-state index contributed by atoms with van der Waals surface area (Å²) >= 11 is 5.51. The normalized spacial score (nSPS) is 16.6. The van der Waals surface area contributed by atoms with Crippen molar-refractivity contribution in [1.29, 1.82) is 0 Å². The van der Waals surface area contributed by atoms with Gasteiger partial charge in [-0.15, -0.1) is 11.6 Å². The van der Waals surface area contributed by atoms with Gasteiger partial charge in [-0.25, -0.2) is 14.5 Å². The molecule has 0 saturated carbocycles. The van der Waals surface area contributed by atoms with E-state index in [4.69, 9.17) is 11.6 Å². The van der Waals surface area contributed by atoms with Crippen LogP contribution in [0.5, 0.6) is 0 Å². The highest BCUT2D eigenvalue weighted by atomic mass is 35.5. The van der Waals surface area contributed by atoms with Crippen molar-refractivity contribution >= 4 is 63.8 Å². The van der Waals surface area contributed by atoms with Crippen molar-refractivity contribution in [2.75, 3.05) is 96.8 Å². The van der Waals surface area contributed by atoms with E-state index in [1.165, 1.54) is 36.5 Å². The van der Waals surface area contributed by atoms with Gasteiger partial charge in [0, 0.05) is 100 Å². The first kappa shape index (κ1) is 50.2. The molecule has 5 aromatic rings. The van der Waals surface area contributed by atoms with E-state index >= 15 is 0 Å². The van der Waals surface area contributed by atoms with E-state index in [1.807, 2.05) is 17.0 Å². The Hall–Kier alpha value is -5.73. The average Bonchev–Trinajstić information content (AvgIpc) is 3.33. The van der Waals surface area contributed by atoms with Gasteiger partial charge in [-0.2, -0.15) is 18.3 Å². The van der Waals surface area contributed by atoms with E-state index in [-0.39, 0.29) is 56.9 Å². The Morgan fingerprint density at radius 2 is 1.56 bits per heavy atom. The molecule has 3 aliphatic heterocycles. The molecule has 0 radical (unpaired) electrons. The summed E-state index contributed by atoms with van der Waals surface area (Å²) in [7, 11) is 2.08. The van der Waals surface area contributed by atoms with E-state index in [2.05, 4.69) is 42.2 Å². The fourth-order valence-corrected chi connectivity index (χ4v) is 9.22. The van der Waals surface area contributed by atoms with Crippen LogP contribution >= 0.6 is 23.4 Å². The molecule has 360 valence electrons. The molecule has 20 heteroatoms. The topological polar surface area (TPSA) is 155 Å². The number of nitrogens with one attached hydrogen (secondary N) is 2. The third-order valence-electron chi connectivity index (χ3n) is 12.3. The molecule has 0 atom stereocenters. The lowest BCUT2D eigenvalue weighted by molar-refractivity contribution is -0.134. The molecule has 14 nitrogen and oxygen atoms in total. The SMILES string of the molecule is CN1CCN(C(=O)CN2CCN(CC3CCN(C(=O)c4ncc(-c5cccc(SC(F)(F)F)c5)cc4NC(=O)CCl)CC3)CC2)CC1.O=Cc1cc(Cc2n[nH]c(=O)c3ccccc23)ccc1F. The van der Waals surface area contributed by atoms with Crippen LogP contribution in [0.25, 0.3) is 21.9 Å². The second-order valence-electron chi connectivity index (χ2n) is 17.1. The molecule has 0 bridgehead atoms. The molecule has 8 rings (SSSR count). The van der Waals surface area contributed by atoms with Crippen molar-refractivity contribution in [1.82, 2.24) is 39.7 Å². The summed E-state index contributed by atoms with van der Waals surface area (Å²) in [6.45, 7) is 9.49. The van der Waals surface area contributed by atoms with E-state index in [0.29, 0.717) is 60.5 Å². The molecule has 0 spiro atoms. The zero-order chi connectivity index (χ0) is 48.4. The summed E-state index contributed by atoms with van der Waals surface area (Å²) in [5, 5.41) is 10.5. The molecular weight excluding hydrogens is 926 g/mol. The molecule has 68 heavy (non-hydrogen) atoms. The van der Waals surface area contributed by atoms with Gasteiger partial charge >= 0.3 is 5.51 Å². The number of hydrogen-bond acceptors (Lipinski definition) is 11. The van der Waals surface area contributed by atoms with Crippen LogP contribution in [0.4, 0.5) is 23.2 Å². The summed E-state index contributed by atoms with van der Waals surface area (Å²) in [4.78, 5) is 76.1. The minimum Gasteiger partial charge on any atom is -0.339 e. The smallest absolute Gasteiger partial charge is 0.339 e. The van der Waals surface area contributed by atoms with Crippen LogP contribution in [0.15, 0.2) is 88.7 Å². The number of aromatic nitrogens is 3. The Kier molecular flexibility index (Phi) is 17.0. The first-order chi connectivity index (χ1) is 32.7. The number of thioether (sulfide) groups is 1. The summed E-state index contributed by atoms with van der Waals surface area (Å²) in [6, 6.07) is 19.0. The van der Waals surface area contributed by atoms with Gasteiger partial charge in [0.05, 0.1) is 28.9 Å². The third-order valence-corrected chi connectivity index (χ3v) is 13.3.